The van der Waals surface area contributed by atoms with Crippen molar-refractivity contribution in [3.63, 3.8) is 0 Å². The van der Waals surface area contributed by atoms with Crippen molar-refractivity contribution in [1.29, 1.82) is 0 Å². The van der Waals surface area contributed by atoms with Gasteiger partial charge in [-0.3, -0.25) is 4.79 Å². The Morgan fingerprint density at radius 2 is 1.94 bits per heavy atom. The molecule has 32 heavy (non-hydrogen) atoms. The number of ether oxygens (including phenoxy) is 1. The Bertz CT molecular complexity index is 1090. The second-order valence-corrected chi connectivity index (χ2v) is 8.58. The van der Waals surface area contributed by atoms with Gasteiger partial charge in [0.2, 0.25) is 0 Å². The lowest BCUT2D eigenvalue weighted by atomic mass is 9.87. The number of carboxylic acids is 1. The van der Waals surface area contributed by atoms with E-state index in [1.165, 1.54) is 12.1 Å². The molecule has 0 saturated carbocycles. The van der Waals surface area contributed by atoms with E-state index >= 15 is 0 Å². The Morgan fingerprint density at radius 1 is 1.19 bits per heavy atom. The maximum Gasteiger partial charge on any atom is 0.309 e. The fraction of sp³-hybridized carbons (Fsp3) is 0.360. The summed E-state index contributed by atoms with van der Waals surface area (Å²) in [6, 6.07) is 12.0. The van der Waals surface area contributed by atoms with E-state index in [1.54, 1.807) is 26.1 Å². The summed E-state index contributed by atoms with van der Waals surface area (Å²) in [7, 11) is 0. The number of aromatic nitrogens is 2. The van der Waals surface area contributed by atoms with E-state index in [9.17, 15) is 19.4 Å². The quantitative estimate of drug-likeness (QED) is 0.412. The van der Waals surface area contributed by atoms with Gasteiger partial charge < -0.3 is 19.5 Å². The molecule has 1 aromatic heterocycles. The van der Waals surface area contributed by atoms with Gasteiger partial charge in [-0.25, -0.2) is 9.37 Å². The van der Waals surface area contributed by atoms with Crippen molar-refractivity contribution >= 4 is 5.97 Å². The lowest BCUT2D eigenvalue weighted by Gasteiger charge is -2.19. The number of aliphatic carboxylic acids is 1. The van der Waals surface area contributed by atoms with Crippen LogP contribution in [0.15, 0.2) is 48.7 Å². The van der Waals surface area contributed by atoms with Gasteiger partial charge in [-0.2, -0.15) is 0 Å². The minimum Gasteiger partial charge on any atom is -0.505 e. The summed E-state index contributed by atoms with van der Waals surface area (Å²) in [5.41, 5.74) is 1.72. The van der Waals surface area contributed by atoms with Crippen LogP contribution in [0.2, 0.25) is 0 Å². The number of halogens is 1. The van der Waals surface area contributed by atoms with Crippen LogP contribution >= 0.6 is 0 Å². The molecule has 0 aliphatic carbocycles. The van der Waals surface area contributed by atoms with E-state index < -0.39 is 23.0 Å². The molecular weight excluding hydrogens is 411 g/mol. The Kier molecular flexibility index (Phi) is 7.18. The summed E-state index contributed by atoms with van der Waals surface area (Å²) in [5.74, 6) is -0.518. The number of aromatic hydroxyl groups is 1. The number of nitrogens with zero attached hydrogens (tertiary/aromatic N) is 2. The third kappa shape index (κ3) is 5.46. The van der Waals surface area contributed by atoms with Gasteiger partial charge in [0.25, 0.3) is 0 Å². The Labute approximate surface area is 187 Å². The van der Waals surface area contributed by atoms with Crippen LogP contribution in [0.25, 0.3) is 11.4 Å². The summed E-state index contributed by atoms with van der Waals surface area (Å²) in [6.45, 7) is 6.38. The number of imidazole rings is 1. The molecule has 0 atom stereocenters. The number of hydrogen-bond donors (Lipinski definition) is 2. The van der Waals surface area contributed by atoms with Crippen LogP contribution in [0.1, 0.15) is 44.4 Å². The van der Waals surface area contributed by atoms with Crippen LogP contribution in [0.4, 0.5) is 4.39 Å². The van der Waals surface area contributed by atoms with E-state index in [1.807, 2.05) is 35.8 Å². The van der Waals surface area contributed by atoms with E-state index in [-0.39, 0.29) is 0 Å². The average molecular weight is 441 g/mol. The van der Waals surface area contributed by atoms with Gasteiger partial charge in [-0.1, -0.05) is 18.2 Å². The normalized spacial score (nSPS) is 11.5. The molecule has 3 aromatic rings. The molecule has 0 spiro atoms. The molecule has 0 aliphatic rings. The summed E-state index contributed by atoms with van der Waals surface area (Å²) in [6.07, 6.45) is 3.84. The van der Waals surface area contributed by atoms with Gasteiger partial charge in [0.1, 0.15) is 11.6 Å². The molecular formula is C25H29FN2O4. The second kappa shape index (κ2) is 9.85. The minimum absolute atomic E-state index is 0.394. The van der Waals surface area contributed by atoms with Crippen molar-refractivity contribution in [3.8, 4) is 22.9 Å². The van der Waals surface area contributed by atoms with Crippen molar-refractivity contribution in [2.24, 2.45) is 5.41 Å². The molecule has 1 heterocycles. The van der Waals surface area contributed by atoms with Crippen molar-refractivity contribution in [2.45, 2.75) is 46.6 Å². The SMILES string of the molecule is Cc1cnc(-c2ccc(O)c(F)c2)n1Cc1ccccc1OCCCCC(C)(C)C(=O)O. The van der Waals surface area contributed by atoms with Gasteiger partial charge in [-0.05, 0) is 64.3 Å². The minimum atomic E-state index is -0.788. The molecule has 0 unspecified atom stereocenters. The monoisotopic (exact) mass is 440 g/mol. The molecule has 3 rings (SSSR count). The van der Waals surface area contributed by atoms with Gasteiger partial charge in [0, 0.05) is 23.0 Å². The van der Waals surface area contributed by atoms with Crippen molar-refractivity contribution in [2.75, 3.05) is 6.61 Å². The second-order valence-electron chi connectivity index (χ2n) is 8.58. The fourth-order valence-corrected chi connectivity index (χ4v) is 3.44. The Balaban J connectivity index is 1.70. The first-order valence-electron chi connectivity index (χ1n) is 10.6. The van der Waals surface area contributed by atoms with Crippen LogP contribution in [0.3, 0.4) is 0 Å². The third-order valence-corrected chi connectivity index (χ3v) is 5.59. The molecule has 0 radical (unpaired) electrons. The molecule has 6 nitrogen and oxygen atoms in total. The molecule has 170 valence electrons. The Hall–Kier alpha value is -3.35. The molecule has 2 N–H and O–H groups in total. The number of hydrogen-bond acceptors (Lipinski definition) is 4. The number of unbranched alkanes of at least 4 members (excludes halogenated alkanes) is 1. The number of phenols is 1. The zero-order chi connectivity index (χ0) is 23.3. The lowest BCUT2D eigenvalue weighted by Crippen LogP contribution is -2.23. The number of phenolic OH excluding ortho intramolecular Hbond substituents is 1. The van der Waals surface area contributed by atoms with Gasteiger partial charge in [0.15, 0.2) is 11.6 Å². The van der Waals surface area contributed by atoms with Crippen molar-refractivity contribution in [1.82, 2.24) is 9.55 Å². The van der Waals surface area contributed by atoms with E-state index in [0.717, 1.165) is 29.8 Å². The molecule has 2 aromatic carbocycles. The van der Waals surface area contributed by atoms with E-state index in [2.05, 4.69) is 4.98 Å². The fourth-order valence-electron chi connectivity index (χ4n) is 3.44. The molecule has 7 heteroatoms. The number of para-hydroxylation sites is 1. The van der Waals surface area contributed by atoms with Gasteiger partial charge in [0.05, 0.1) is 18.6 Å². The maximum absolute atomic E-state index is 13.9. The van der Waals surface area contributed by atoms with Crippen LogP contribution in [0, 0.1) is 18.2 Å². The number of rotatable bonds is 10. The highest BCUT2D eigenvalue weighted by Gasteiger charge is 2.26. The Morgan fingerprint density at radius 3 is 2.66 bits per heavy atom. The highest BCUT2D eigenvalue weighted by Crippen LogP contribution is 2.28. The topological polar surface area (TPSA) is 84.6 Å². The van der Waals surface area contributed by atoms with Gasteiger partial charge in [-0.15, -0.1) is 0 Å². The molecule has 0 bridgehead atoms. The third-order valence-electron chi connectivity index (χ3n) is 5.59. The molecule has 0 amide bonds. The molecule has 0 aliphatic heterocycles. The van der Waals surface area contributed by atoms with Crippen LogP contribution in [-0.2, 0) is 11.3 Å². The highest BCUT2D eigenvalue weighted by atomic mass is 19.1. The standard InChI is InChI=1S/C25H29FN2O4/c1-17-15-27-23(18-10-11-21(29)20(26)14-18)28(17)16-19-8-4-5-9-22(19)32-13-7-6-12-25(2,3)24(30)31/h4-5,8-11,14-15,29H,6-7,12-13,16H2,1-3H3,(H,30,31). The van der Waals surface area contributed by atoms with Crippen LogP contribution in [0.5, 0.6) is 11.5 Å². The zero-order valence-electron chi connectivity index (χ0n) is 18.6. The van der Waals surface area contributed by atoms with Crippen LogP contribution < -0.4 is 4.74 Å². The summed E-state index contributed by atoms with van der Waals surface area (Å²) < 4.78 is 21.9. The lowest BCUT2D eigenvalue weighted by molar-refractivity contribution is -0.147. The number of benzene rings is 2. The first kappa shape index (κ1) is 23.3. The largest absolute Gasteiger partial charge is 0.505 e. The predicted octanol–water partition coefficient (Wildman–Crippen LogP) is 5.41. The first-order chi connectivity index (χ1) is 15.2. The smallest absolute Gasteiger partial charge is 0.309 e. The number of carboxylic acid groups (broad SMARTS) is 1. The summed E-state index contributed by atoms with van der Waals surface area (Å²) in [5, 5.41) is 18.7. The summed E-state index contributed by atoms with van der Waals surface area (Å²) >= 11 is 0. The maximum atomic E-state index is 13.9. The van der Waals surface area contributed by atoms with E-state index in [0.29, 0.717) is 31.0 Å². The van der Waals surface area contributed by atoms with Crippen molar-refractivity contribution < 1.29 is 24.1 Å². The average Bonchev–Trinajstić information content (AvgIpc) is 3.11. The summed E-state index contributed by atoms with van der Waals surface area (Å²) in [4.78, 5) is 15.7. The molecule has 0 saturated heterocycles. The predicted molar refractivity (Wildman–Crippen MR) is 120 cm³/mol. The first-order valence-corrected chi connectivity index (χ1v) is 10.6. The highest BCUT2D eigenvalue weighted by molar-refractivity contribution is 5.73. The van der Waals surface area contributed by atoms with Crippen LogP contribution in [-0.4, -0.2) is 32.3 Å². The zero-order valence-corrected chi connectivity index (χ0v) is 18.6. The number of carbonyl (C=O) groups is 1. The van der Waals surface area contributed by atoms with E-state index in [4.69, 9.17) is 4.74 Å². The van der Waals surface area contributed by atoms with Crippen molar-refractivity contribution in [3.05, 3.63) is 65.7 Å². The molecule has 0 fully saturated rings. The number of aryl methyl sites for hydroxylation is 1. The van der Waals surface area contributed by atoms with Gasteiger partial charge >= 0.3 is 5.97 Å².